The zero-order chi connectivity index (χ0) is 21.8. The number of carbonyl (C=O) groups is 2. The lowest BCUT2D eigenvalue weighted by Gasteiger charge is -2.26. The van der Waals surface area contributed by atoms with Crippen LogP contribution in [0.3, 0.4) is 0 Å². The number of hydrogen-bond donors (Lipinski definition) is 2. The standard InChI is InChI=1S/C24H35N3O3/c1-19(17-28)27(2)16-22-15-20(6-7-21(22)18-29)5-3-4-13-30-14-12-26-24-10-8-23(25)9-11-24/h6-7,15,17-19,23-24,26H,4,8-14,16,25H2,1-2H3. The Hall–Kier alpha value is -2.04. The summed E-state index contributed by atoms with van der Waals surface area (Å²) < 4.78 is 5.66. The number of likely N-dealkylation sites (N-methyl/N-ethyl adjacent to an activating group) is 1. The van der Waals surface area contributed by atoms with Gasteiger partial charge in [0.2, 0.25) is 0 Å². The molecule has 6 heteroatoms. The lowest BCUT2D eigenvalue weighted by Crippen LogP contribution is -2.38. The Morgan fingerprint density at radius 1 is 1.27 bits per heavy atom. The highest BCUT2D eigenvalue weighted by molar-refractivity contribution is 5.77. The molecule has 2 rings (SSSR count). The van der Waals surface area contributed by atoms with Crippen LogP contribution in [0.1, 0.15) is 60.5 Å². The normalized spacial score (nSPS) is 19.7. The number of nitrogens with two attached hydrogens (primary N) is 1. The van der Waals surface area contributed by atoms with Crippen molar-refractivity contribution in [1.82, 2.24) is 10.2 Å². The first-order valence-corrected chi connectivity index (χ1v) is 10.8. The molecule has 0 amide bonds. The Labute approximate surface area is 180 Å². The van der Waals surface area contributed by atoms with E-state index in [1.165, 1.54) is 0 Å². The molecule has 0 bridgehead atoms. The molecule has 1 aliphatic rings. The Balaban J connectivity index is 1.71. The van der Waals surface area contributed by atoms with E-state index in [1.54, 1.807) is 6.07 Å². The molecule has 1 aliphatic carbocycles. The molecule has 6 nitrogen and oxygen atoms in total. The summed E-state index contributed by atoms with van der Waals surface area (Å²) in [6.45, 7) is 4.49. The highest BCUT2D eigenvalue weighted by atomic mass is 16.5. The van der Waals surface area contributed by atoms with E-state index in [0.29, 0.717) is 43.8 Å². The third-order valence-corrected chi connectivity index (χ3v) is 5.64. The first-order chi connectivity index (χ1) is 14.5. The fourth-order valence-corrected chi connectivity index (χ4v) is 3.50. The fourth-order valence-electron chi connectivity index (χ4n) is 3.50. The zero-order valence-electron chi connectivity index (χ0n) is 18.2. The second kappa shape index (κ2) is 13.3. The van der Waals surface area contributed by atoms with E-state index in [0.717, 1.165) is 55.9 Å². The van der Waals surface area contributed by atoms with Crippen LogP contribution in [-0.2, 0) is 16.1 Å². The minimum atomic E-state index is -0.207. The molecule has 1 saturated carbocycles. The molecule has 0 radical (unpaired) electrons. The number of nitrogens with zero attached hydrogens (tertiary/aromatic N) is 1. The summed E-state index contributed by atoms with van der Waals surface area (Å²) in [5, 5.41) is 3.53. The van der Waals surface area contributed by atoms with Gasteiger partial charge >= 0.3 is 0 Å². The highest BCUT2D eigenvalue weighted by Crippen LogP contribution is 2.16. The molecule has 3 N–H and O–H groups in total. The average Bonchev–Trinajstić information content (AvgIpc) is 2.76. The van der Waals surface area contributed by atoms with Crippen molar-refractivity contribution in [2.75, 3.05) is 26.8 Å². The maximum atomic E-state index is 11.3. The largest absolute Gasteiger partial charge is 0.379 e. The number of hydrogen-bond acceptors (Lipinski definition) is 6. The van der Waals surface area contributed by atoms with Crippen LogP contribution in [0.5, 0.6) is 0 Å². The molecule has 1 unspecified atom stereocenters. The van der Waals surface area contributed by atoms with Crippen LogP contribution in [0.25, 0.3) is 0 Å². The van der Waals surface area contributed by atoms with Crippen LogP contribution < -0.4 is 11.1 Å². The van der Waals surface area contributed by atoms with Crippen molar-refractivity contribution in [3.05, 3.63) is 34.9 Å². The topological polar surface area (TPSA) is 84.7 Å². The predicted octanol–water partition coefficient (Wildman–Crippen LogP) is 2.14. The summed E-state index contributed by atoms with van der Waals surface area (Å²) in [6.07, 6.45) is 6.92. The van der Waals surface area contributed by atoms with Gasteiger partial charge in [0.05, 0.1) is 19.3 Å². The Morgan fingerprint density at radius 2 is 2.03 bits per heavy atom. The van der Waals surface area contributed by atoms with Crippen LogP contribution >= 0.6 is 0 Å². The van der Waals surface area contributed by atoms with Gasteiger partial charge in [-0.3, -0.25) is 9.69 Å². The Bertz CT molecular complexity index is 733. The van der Waals surface area contributed by atoms with Crippen molar-refractivity contribution < 1.29 is 14.3 Å². The minimum Gasteiger partial charge on any atom is -0.379 e. The van der Waals surface area contributed by atoms with E-state index in [2.05, 4.69) is 17.2 Å². The molecule has 1 fully saturated rings. The number of rotatable bonds is 11. The monoisotopic (exact) mass is 413 g/mol. The van der Waals surface area contributed by atoms with Crippen molar-refractivity contribution in [2.45, 2.75) is 63.7 Å². The minimum absolute atomic E-state index is 0.207. The number of ether oxygens (including phenoxy) is 1. The first-order valence-electron chi connectivity index (χ1n) is 10.8. The Morgan fingerprint density at radius 3 is 2.73 bits per heavy atom. The second-order valence-electron chi connectivity index (χ2n) is 8.05. The molecule has 0 saturated heterocycles. The van der Waals surface area contributed by atoms with Gasteiger partial charge in [0.15, 0.2) is 0 Å². The van der Waals surface area contributed by atoms with E-state index in [4.69, 9.17) is 10.5 Å². The number of carbonyl (C=O) groups excluding carboxylic acids is 2. The summed E-state index contributed by atoms with van der Waals surface area (Å²) in [4.78, 5) is 24.2. The third-order valence-electron chi connectivity index (χ3n) is 5.64. The van der Waals surface area contributed by atoms with Crippen molar-refractivity contribution >= 4 is 12.6 Å². The van der Waals surface area contributed by atoms with Gasteiger partial charge in [0.25, 0.3) is 0 Å². The van der Waals surface area contributed by atoms with Crippen molar-refractivity contribution in [2.24, 2.45) is 5.73 Å². The second-order valence-corrected chi connectivity index (χ2v) is 8.05. The van der Waals surface area contributed by atoms with Gasteiger partial charge in [0, 0.05) is 42.7 Å². The first kappa shape index (κ1) is 24.2. The maximum absolute atomic E-state index is 11.3. The van der Waals surface area contributed by atoms with Crippen LogP contribution in [0, 0.1) is 11.8 Å². The van der Waals surface area contributed by atoms with Crippen LogP contribution in [0.4, 0.5) is 0 Å². The van der Waals surface area contributed by atoms with Gasteiger partial charge < -0.3 is 20.6 Å². The molecule has 30 heavy (non-hydrogen) atoms. The molecule has 164 valence electrons. The van der Waals surface area contributed by atoms with Gasteiger partial charge in [-0.25, -0.2) is 0 Å². The molecular formula is C24H35N3O3. The summed E-state index contributed by atoms with van der Waals surface area (Å²) >= 11 is 0. The lowest BCUT2D eigenvalue weighted by molar-refractivity contribution is -0.111. The van der Waals surface area contributed by atoms with Gasteiger partial charge in [0.1, 0.15) is 12.6 Å². The van der Waals surface area contributed by atoms with E-state index in [9.17, 15) is 9.59 Å². The SMILES string of the molecule is CC(C=O)N(C)Cc1cc(C#CCCOCCNC2CCC(N)CC2)ccc1C=O. The maximum Gasteiger partial charge on any atom is 0.150 e. The van der Waals surface area contributed by atoms with Crippen LogP contribution in [0.15, 0.2) is 18.2 Å². The summed E-state index contributed by atoms with van der Waals surface area (Å²) in [5.74, 6) is 6.27. The van der Waals surface area contributed by atoms with Crippen molar-refractivity contribution in [1.29, 1.82) is 0 Å². The van der Waals surface area contributed by atoms with E-state index in [1.807, 2.05) is 31.0 Å². The van der Waals surface area contributed by atoms with Crippen molar-refractivity contribution in [3.63, 3.8) is 0 Å². The molecule has 1 atom stereocenters. The van der Waals surface area contributed by atoms with Gasteiger partial charge in [-0.2, -0.15) is 0 Å². The molecule has 1 aromatic carbocycles. The highest BCUT2D eigenvalue weighted by Gasteiger charge is 2.17. The van der Waals surface area contributed by atoms with Crippen LogP contribution in [-0.4, -0.2) is 62.4 Å². The molecular weight excluding hydrogens is 378 g/mol. The van der Waals surface area contributed by atoms with E-state index < -0.39 is 0 Å². The van der Waals surface area contributed by atoms with E-state index in [-0.39, 0.29) is 6.04 Å². The number of aldehydes is 2. The quantitative estimate of drug-likeness (QED) is 0.328. The smallest absolute Gasteiger partial charge is 0.150 e. The third kappa shape index (κ3) is 8.37. The molecule has 0 aliphatic heterocycles. The average molecular weight is 414 g/mol. The summed E-state index contributed by atoms with van der Waals surface area (Å²) in [6, 6.07) is 6.30. The number of benzene rings is 1. The van der Waals surface area contributed by atoms with Gasteiger partial charge in [-0.05, 0) is 57.4 Å². The van der Waals surface area contributed by atoms with Gasteiger partial charge in [-0.1, -0.05) is 17.9 Å². The molecule has 0 heterocycles. The molecule has 0 aromatic heterocycles. The lowest BCUT2D eigenvalue weighted by atomic mass is 9.92. The predicted molar refractivity (Wildman–Crippen MR) is 119 cm³/mol. The van der Waals surface area contributed by atoms with Crippen LogP contribution in [0.2, 0.25) is 0 Å². The zero-order valence-corrected chi connectivity index (χ0v) is 18.2. The van der Waals surface area contributed by atoms with E-state index >= 15 is 0 Å². The molecule has 1 aromatic rings. The summed E-state index contributed by atoms with van der Waals surface area (Å²) in [7, 11) is 1.86. The summed E-state index contributed by atoms with van der Waals surface area (Å²) in [5.41, 5.74) is 8.29. The number of nitrogens with one attached hydrogen (secondary N) is 1. The van der Waals surface area contributed by atoms with Crippen molar-refractivity contribution in [3.8, 4) is 11.8 Å². The fraction of sp³-hybridized carbons (Fsp3) is 0.583. The molecule has 0 spiro atoms. The Kier molecular flexibility index (Phi) is 10.7. The van der Waals surface area contributed by atoms with Gasteiger partial charge in [-0.15, -0.1) is 0 Å².